The van der Waals surface area contributed by atoms with E-state index in [2.05, 4.69) is 10.5 Å². The van der Waals surface area contributed by atoms with E-state index in [-0.39, 0.29) is 6.61 Å². The Hall–Kier alpha value is -4.07. The molecule has 0 saturated heterocycles. The molecule has 0 unspecified atom stereocenters. The number of hydrogen-bond donors (Lipinski definition) is 1. The number of aromatic nitrogens is 1. The number of nitrogens with zero attached hydrogens (tertiary/aromatic N) is 1. The van der Waals surface area contributed by atoms with Gasteiger partial charge in [-0.15, -0.1) is 0 Å². The Morgan fingerprint density at radius 3 is 2.60 bits per heavy atom. The summed E-state index contributed by atoms with van der Waals surface area (Å²) < 4.78 is 21.5. The lowest BCUT2D eigenvalue weighted by Crippen LogP contribution is -2.21. The molecule has 1 heterocycles. The van der Waals surface area contributed by atoms with Crippen LogP contribution in [0.1, 0.15) is 40.6 Å². The summed E-state index contributed by atoms with van der Waals surface area (Å²) in [4.78, 5) is 24.4. The van der Waals surface area contributed by atoms with Crippen LogP contribution < -0.4 is 14.8 Å². The van der Waals surface area contributed by atoms with Gasteiger partial charge >= 0.3 is 5.97 Å². The number of rotatable bonds is 10. The smallest absolute Gasteiger partial charge is 0.331 e. The van der Waals surface area contributed by atoms with E-state index in [1.54, 1.807) is 24.3 Å². The summed E-state index contributed by atoms with van der Waals surface area (Å²) in [6.45, 7) is 7.54. The van der Waals surface area contributed by atoms with Crippen LogP contribution in [0.4, 0.5) is 5.69 Å². The number of para-hydroxylation sites is 1. The van der Waals surface area contributed by atoms with Gasteiger partial charge in [0.1, 0.15) is 12.4 Å². The Kier molecular flexibility index (Phi) is 8.67. The molecule has 8 nitrogen and oxygen atoms in total. The Bertz CT molecular complexity index is 1210. The Balaban J connectivity index is 1.55. The van der Waals surface area contributed by atoms with Crippen molar-refractivity contribution in [1.82, 2.24) is 5.16 Å². The number of carbonyl (C=O) groups excluding carboxylic acids is 2. The molecule has 0 bridgehead atoms. The van der Waals surface area contributed by atoms with Crippen LogP contribution in [0.3, 0.4) is 0 Å². The van der Waals surface area contributed by atoms with E-state index in [4.69, 9.17) is 18.7 Å². The molecule has 0 spiro atoms. The van der Waals surface area contributed by atoms with Crippen molar-refractivity contribution < 1.29 is 28.3 Å². The quantitative estimate of drug-likeness (QED) is 0.325. The normalized spacial score (nSPS) is 10.9. The van der Waals surface area contributed by atoms with Crippen LogP contribution in [0.15, 0.2) is 47.0 Å². The van der Waals surface area contributed by atoms with Gasteiger partial charge in [-0.25, -0.2) is 4.79 Å². The predicted molar refractivity (Wildman–Crippen MR) is 132 cm³/mol. The van der Waals surface area contributed by atoms with Crippen molar-refractivity contribution in [2.45, 2.75) is 40.7 Å². The number of carbonyl (C=O) groups is 2. The summed E-state index contributed by atoms with van der Waals surface area (Å²) in [5.74, 6) is 0.747. The molecule has 0 saturated carbocycles. The third kappa shape index (κ3) is 6.72. The van der Waals surface area contributed by atoms with Crippen LogP contribution in [-0.2, 0) is 27.4 Å². The largest absolute Gasteiger partial charge is 0.493 e. The zero-order valence-electron chi connectivity index (χ0n) is 20.6. The van der Waals surface area contributed by atoms with Gasteiger partial charge in [-0.3, -0.25) is 4.79 Å². The second kappa shape index (κ2) is 11.9. The molecule has 8 heteroatoms. The number of anilines is 1. The maximum absolute atomic E-state index is 12.3. The highest BCUT2D eigenvalue weighted by Gasteiger charge is 2.13. The van der Waals surface area contributed by atoms with Crippen LogP contribution >= 0.6 is 0 Å². The summed E-state index contributed by atoms with van der Waals surface area (Å²) >= 11 is 0. The Labute approximate surface area is 204 Å². The second-order valence-corrected chi connectivity index (χ2v) is 7.95. The molecule has 0 aliphatic heterocycles. The van der Waals surface area contributed by atoms with E-state index in [0.717, 1.165) is 34.5 Å². The van der Waals surface area contributed by atoms with Crippen LogP contribution in [0.5, 0.6) is 11.5 Å². The average molecular weight is 479 g/mol. The molecule has 0 aliphatic carbocycles. The molecule has 0 fully saturated rings. The van der Waals surface area contributed by atoms with Gasteiger partial charge in [-0.1, -0.05) is 36.3 Å². The topological polar surface area (TPSA) is 99.9 Å². The molecule has 0 radical (unpaired) electrons. The minimum Gasteiger partial charge on any atom is -0.493 e. The fourth-order valence-electron chi connectivity index (χ4n) is 3.49. The van der Waals surface area contributed by atoms with E-state index in [1.165, 1.54) is 13.2 Å². The van der Waals surface area contributed by atoms with Gasteiger partial charge < -0.3 is 24.1 Å². The molecule has 1 N–H and O–H groups in total. The maximum Gasteiger partial charge on any atom is 0.331 e. The monoisotopic (exact) mass is 478 g/mol. The number of aryl methyl sites for hydroxylation is 4. The van der Waals surface area contributed by atoms with Crippen molar-refractivity contribution in [1.29, 1.82) is 0 Å². The highest BCUT2D eigenvalue weighted by atomic mass is 16.5. The molecule has 1 amide bonds. The first-order chi connectivity index (χ1) is 16.8. The molecule has 2 aromatic carbocycles. The minimum absolute atomic E-state index is 0.295. The third-order valence-corrected chi connectivity index (χ3v) is 5.50. The zero-order chi connectivity index (χ0) is 25.4. The van der Waals surface area contributed by atoms with Crippen molar-refractivity contribution in [3.05, 3.63) is 76.2 Å². The molecule has 0 atom stereocenters. The molecule has 1 aromatic heterocycles. The van der Waals surface area contributed by atoms with Gasteiger partial charge in [0.05, 0.1) is 18.4 Å². The minimum atomic E-state index is -0.627. The maximum atomic E-state index is 12.3. The number of methoxy groups -OCH3 is 1. The summed E-state index contributed by atoms with van der Waals surface area (Å²) in [6, 6.07) is 11.1. The van der Waals surface area contributed by atoms with Crippen LogP contribution in [0.2, 0.25) is 0 Å². The summed E-state index contributed by atoms with van der Waals surface area (Å²) in [5, 5.41) is 6.75. The molecule has 0 aliphatic rings. The fourth-order valence-corrected chi connectivity index (χ4v) is 3.49. The van der Waals surface area contributed by atoms with Crippen molar-refractivity contribution >= 4 is 23.6 Å². The average Bonchev–Trinajstić information content (AvgIpc) is 3.18. The van der Waals surface area contributed by atoms with Crippen LogP contribution in [-0.4, -0.2) is 30.7 Å². The SMILES string of the molecule is CCc1cccc(C)c1NC(=O)COC(=O)/C=C/c1ccc(OCc2c(C)noc2C)c(OC)c1. The molecule has 3 rings (SSSR count). The van der Waals surface area contributed by atoms with Gasteiger partial charge in [0.2, 0.25) is 0 Å². The zero-order valence-corrected chi connectivity index (χ0v) is 20.6. The van der Waals surface area contributed by atoms with Gasteiger partial charge in [0.15, 0.2) is 18.1 Å². The standard InChI is InChI=1S/C27H30N2O6/c1-6-21-9-7-8-17(2)27(21)28-25(30)16-34-26(31)13-11-20-10-12-23(24(14-20)32-5)33-15-22-18(3)29-35-19(22)4/h7-14H,6,15-16H2,1-5H3,(H,28,30)/b13-11+. The number of hydrogen-bond acceptors (Lipinski definition) is 7. The van der Waals surface area contributed by atoms with E-state index in [0.29, 0.717) is 29.4 Å². The fraction of sp³-hybridized carbons (Fsp3) is 0.296. The van der Waals surface area contributed by atoms with Crippen molar-refractivity contribution in [2.24, 2.45) is 0 Å². The first-order valence-electron chi connectivity index (χ1n) is 11.3. The van der Waals surface area contributed by atoms with E-state index < -0.39 is 11.9 Å². The van der Waals surface area contributed by atoms with Crippen LogP contribution in [0.25, 0.3) is 6.08 Å². The predicted octanol–water partition coefficient (Wildman–Crippen LogP) is 4.94. The van der Waals surface area contributed by atoms with Gasteiger partial charge in [-0.05, 0) is 62.1 Å². The molecular weight excluding hydrogens is 448 g/mol. The molecule has 35 heavy (non-hydrogen) atoms. The van der Waals surface area contributed by atoms with E-state index in [1.807, 2.05) is 45.9 Å². The molecule has 184 valence electrons. The number of esters is 1. The Morgan fingerprint density at radius 2 is 1.91 bits per heavy atom. The highest BCUT2D eigenvalue weighted by Crippen LogP contribution is 2.30. The van der Waals surface area contributed by atoms with Crippen LogP contribution in [0, 0.1) is 20.8 Å². The first kappa shape index (κ1) is 25.6. The number of amides is 1. The first-order valence-corrected chi connectivity index (χ1v) is 11.3. The second-order valence-electron chi connectivity index (χ2n) is 7.95. The Morgan fingerprint density at radius 1 is 1.11 bits per heavy atom. The van der Waals surface area contributed by atoms with E-state index >= 15 is 0 Å². The third-order valence-electron chi connectivity index (χ3n) is 5.50. The van der Waals surface area contributed by atoms with Gasteiger partial charge in [0.25, 0.3) is 5.91 Å². The van der Waals surface area contributed by atoms with Gasteiger partial charge in [-0.2, -0.15) is 0 Å². The number of benzene rings is 2. The van der Waals surface area contributed by atoms with E-state index in [9.17, 15) is 9.59 Å². The van der Waals surface area contributed by atoms with Crippen molar-refractivity contribution in [3.63, 3.8) is 0 Å². The number of nitrogens with one attached hydrogen (secondary N) is 1. The lowest BCUT2D eigenvalue weighted by Gasteiger charge is -2.12. The van der Waals surface area contributed by atoms with Crippen molar-refractivity contribution in [2.75, 3.05) is 19.0 Å². The highest BCUT2D eigenvalue weighted by molar-refractivity contribution is 5.95. The number of ether oxygens (including phenoxy) is 3. The van der Waals surface area contributed by atoms with Crippen molar-refractivity contribution in [3.8, 4) is 11.5 Å². The summed E-state index contributed by atoms with van der Waals surface area (Å²) in [6.07, 6.45) is 3.63. The lowest BCUT2D eigenvalue weighted by atomic mass is 10.1. The summed E-state index contributed by atoms with van der Waals surface area (Å²) in [7, 11) is 1.54. The lowest BCUT2D eigenvalue weighted by molar-refractivity contribution is -0.142. The van der Waals surface area contributed by atoms with Gasteiger partial charge in [0, 0.05) is 11.8 Å². The summed E-state index contributed by atoms with van der Waals surface area (Å²) in [5.41, 5.74) is 5.11. The molecular formula is C27H30N2O6. The molecule has 3 aromatic rings.